The smallest absolute Gasteiger partial charge is 0.387 e. The lowest BCUT2D eigenvalue weighted by Gasteiger charge is -2.06. The van der Waals surface area contributed by atoms with Gasteiger partial charge in [-0.3, -0.25) is 0 Å². The van der Waals surface area contributed by atoms with Crippen LogP contribution in [-0.4, -0.2) is 16.7 Å². The minimum absolute atomic E-state index is 0.227. The van der Waals surface area contributed by atoms with Crippen LogP contribution in [0.25, 0.3) is 10.9 Å². The van der Waals surface area contributed by atoms with E-state index >= 15 is 0 Å². The topological polar surface area (TPSA) is 45.2 Å². The molecule has 0 unspecified atom stereocenters. The summed E-state index contributed by atoms with van der Waals surface area (Å²) in [4.78, 5) is 2.82. The van der Waals surface area contributed by atoms with Gasteiger partial charge in [0, 0.05) is 23.2 Å². The molecule has 74 valence electrons. The third kappa shape index (κ3) is 1.48. The van der Waals surface area contributed by atoms with E-state index in [2.05, 4.69) is 9.72 Å². The van der Waals surface area contributed by atoms with Gasteiger partial charge in [0.2, 0.25) is 0 Å². The lowest BCUT2D eigenvalue weighted by Crippen LogP contribution is -2.01. The molecule has 0 bridgehead atoms. The molecule has 0 radical (unpaired) electrons. The number of fused-ring (bicyclic) bond motifs is 1. The fraction of sp³-hybridized carbons (Fsp3) is 0.111. The Balaban J connectivity index is 2.48. The number of phenols is 1. The summed E-state index contributed by atoms with van der Waals surface area (Å²) in [7, 11) is 0. The van der Waals surface area contributed by atoms with E-state index < -0.39 is 6.61 Å². The first-order chi connectivity index (χ1) is 6.66. The molecule has 0 saturated carbocycles. The minimum atomic E-state index is -2.94. The fourth-order valence-electron chi connectivity index (χ4n) is 1.26. The van der Waals surface area contributed by atoms with Gasteiger partial charge in [0.25, 0.3) is 0 Å². The van der Waals surface area contributed by atoms with Gasteiger partial charge >= 0.3 is 6.61 Å². The zero-order chi connectivity index (χ0) is 10.1. The van der Waals surface area contributed by atoms with Crippen LogP contribution in [0.5, 0.6) is 11.5 Å². The van der Waals surface area contributed by atoms with E-state index in [1.54, 1.807) is 12.3 Å². The standard InChI is InChI=1S/C9H7F2NO2/c10-9(11)14-8-4-6-5(1-2-12-6)3-7(8)13/h1-4,9,12-13H. The zero-order valence-corrected chi connectivity index (χ0v) is 7.00. The number of hydrogen-bond acceptors (Lipinski definition) is 2. The molecule has 0 amide bonds. The van der Waals surface area contributed by atoms with Crippen LogP contribution in [0.15, 0.2) is 24.4 Å². The molecule has 5 heteroatoms. The van der Waals surface area contributed by atoms with E-state index in [0.717, 1.165) is 5.39 Å². The Labute approximate surface area is 77.9 Å². The van der Waals surface area contributed by atoms with Crippen molar-refractivity contribution in [3.05, 3.63) is 24.4 Å². The van der Waals surface area contributed by atoms with Crippen LogP contribution in [0.3, 0.4) is 0 Å². The molecule has 0 aliphatic rings. The van der Waals surface area contributed by atoms with E-state index in [4.69, 9.17) is 0 Å². The highest BCUT2D eigenvalue weighted by Crippen LogP contribution is 2.31. The molecule has 0 fully saturated rings. The summed E-state index contributed by atoms with van der Waals surface area (Å²) < 4.78 is 27.9. The molecule has 2 N–H and O–H groups in total. The summed E-state index contributed by atoms with van der Waals surface area (Å²) in [6.07, 6.45) is 1.65. The Kier molecular flexibility index (Phi) is 1.99. The Bertz CT molecular complexity index is 453. The molecule has 1 aromatic carbocycles. The van der Waals surface area contributed by atoms with Gasteiger partial charge in [0.15, 0.2) is 11.5 Å². The van der Waals surface area contributed by atoms with Gasteiger partial charge in [-0.2, -0.15) is 8.78 Å². The zero-order valence-electron chi connectivity index (χ0n) is 7.00. The molecule has 1 heterocycles. The monoisotopic (exact) mass is 199 g/mol. The average molecular weight is 199 g/mol. The first-order valence-electron chi connectivity index (χ1n) is 3.92. The summed E-state index contributed by atoms with van der Waals surface area (Å²) >= 11 is 0. The molecule has 1 aromatic heterocycles. The first kappa shape index (κ1) is 8.80. The van der Waals surface area contributed by atoms with Crippen LogP contribution in [0.2, 0.25) is 0 Å². The SMILES string of the molecule is Oc1cc2cc[nH]c2cc1OC(F)F. The number of nitrogens with one attached hydrogen (secondary N) is 1. The number of H-pyrrole nitrogens is 1. The average Bonchev–Trinajstić information content (AvgIpc) is 2.51. The molecular weight excluding hydrogens is 192 g/mol. The number of aromatic amines is 1. The normalized spacial score (nSPS) is 11.1. The quantitative estimate of drug-likeness (QED) is 0.780. The van der Waals surface area contributed by atoms with Crippen molar-refractivity contribution in [3.63, 3.8) is 0 Å². The van der Waals surface area contributed by atoms with Crippen molar-refractivity contribution in [2.75, 3.05) is 0 Å². The van der Waals surface area contributed by atoms with Crippen LogP contribution in [0.4, 0.5) is 8.78 Å². The molecule has 0 spiro atoms. The highest BCUT2D eigenvalue weighted by atomic mass is 19.3. The van der Waals surface area contributed by atoms with Gasteiger partial charge in [0.05, 0.1) is 0 Å². The van der Waals surface area contributed by atoms with Crippen molar-refractivity contribution in [1.82, 2.24) is 4.98 Å². The summed E-state index contributed by atoms with van der Waals surface area (Å²) in [6, 6.07) is 4.42. The maximum absolute atomic E-state index is 11.9. The predicted octanol–water partition coefficient (Wildman–Crippen LogP) is 2.47. The predicted molar refractivity (Wildman–Crippen MR) is 46.6 cm³/mol. The maximum Gasteiger partial charge on any atom is 0.387 e. The van der Waals surface area contributed by atoms with Crippen molar-refractivity contribution in [2.45, 2.75) is 6.61 Å². The molecule has 14 heavy (non-hydrogen) atoms. The van der Waals surface area contributed by atoms with E-state index in [0.29, 0.717) is 5.52 Å². The van der Waals surface area contributed by atoms with Gasteiger partial charge in [0.1, 0.15) is 0 Å². The molecule has 0 saturated heterocycles. The fourth-order valence-corrected chi connectivity index (χ4v) is 1.26. The number of benzene rings is 1. The second-order valence-corrected chi connectivity index (χ2v) is 2.76. The number of hydrogen-bond donors (Lipinski definition) is 2. The highest BCUT2D eigenvalue weighted by molar-refractivity contribution is 5.83. The Hall–Kier alpha value is -1.78. The molecular formula is C9H7F2NO2. The number of rotatable bonds is 2. The largest absolute Gasteiger partial charge is 0.504 e. The summed E-state index contributed by atoms with van der Waals surface area (Å²) in [5, 5.41) is 10.0. The first-order valence-corrected chi connectivity index (χ1v) is 3.92. The lowest BCUT2D eigenvalue weighted by molar-refractivity contribution is -0.0511. The number of aromatic hydroxyl groups is 1. The number of phenolic OH excluding ortho intramolecular Hbond substituents is 1. The van der Waals surface area contributed by atoms with Crippen molar-refractivity contribution < 1.29 is 18.6 Å². The van der Waals surface area contributed by atoms with Gasteiger partial charge in [-0.25, -0.2) is 0 Å². The lowest BCUT2D eigenvalue weighted by atomic mass is 10.2. The molecule has 0 aliphatic heterocycles. The van der Waals surface area contributed by atoms with Crippen LogP contribution in [0.1, 0.15) is 0 Å². The van der Waals surface area contributed by atoms with Crippen LogP contribution >= 0.6 is 0 Å². The van der Waals surface area contributed by atoms with Crippen molar-refractivity contribution in [2.24, 2.45) is 0 Å². The molecule has 0 atom stereocenters. The summed E-state index contributed by atoms with van der Waals surface area (Å²) in [5.41, 5.74) is 0.637. The second kappa shape index (κ2) is 3.17. The minimum Gasteiger partial charge on any atom is -0.504 e. The van der Waals surface area contributed by atoms with Crippen molar-refractivity contribution in [3.8, 4) is 11.5 Å². The third-order valence-corrected chi connectivity index (χ3v) is 1.85. The van der Waals surface area contributed by atoms with E-state index in [1.807, 2.05) is 0 Å². The van der Waals surface area contributed by atoms with E-state index in [-0.39, 0.29) is 11.5 Å². The van der Waals surface area contributed by atoms with Crippen molar-refractivity contribution in [1.29, 1.82) is 0 Å². The van der Waals surface area contributed by atoms with Gasteiger partial charge in [-0.1, -0.05) is 0 Å². The second-order valence-electron chi connectivity index (χ2n) is 2.76. The summed E-state index contributed by atoms with van der Waals surface area (Å²) in [5.74, 6) is -0.521. The van der Waals surface area contributed by atoms with Gasteiger partial charge in [-0.15, -0.1) is 0 Å². The Morgan fingerprint density at radius 1 is 1.36 bits per heavy atom. The third-order valence-electron chi connectivity index (χ3n) is 1.85. The van der Waals surface area contributed by atoms with Gasteiger partial charge in [-0.05, 0) is 12.1 Å². The Morgan fingerprint density at radius 3 is 2.86 bits per heavy atom. The number of alkyl halides is 2. The van der Waals surface area contributed by atoms with Crippen LogP contribution in [-0.2, 0) is 0 Å². The van der Waals surface area contributed by atoms with Crippen LogP contribution in [0, 0.1) is 0 Å². The molecule has 3 nitrogen and oxygen atoms in total. The van der Waals surface area contributed by atoms with Gasteiger partial charge < -0.3 is 14.8 Å². The Morgan fingerprint density at radius 2 is 2.14 bits per heavy atom. The maximum atomic E-state index is 11.9. The number of ether oxygens (including phenoxy) is 1. The molecule has 2 aromatic rings. The van der Waals surface area contributed by atoms with E-state index in [9.17, 15) is 13.9 Å². The number of aromatic nitrogens is 1. The number of halogens is 2. The highest BCUT2D eigenvalue weighted by Gasteiger charge is 2.10. The molecule has 0 aliphatic carbocycles. The van der Waals surface area contributed by atoms with Crippen molar-refractivity contribution >= 4 is 10.9 Å². The summed E-state index contributed by atoms with van der Waals surface area (Å²) in [6.45, 7) is -2.94. The molecule has 2 rings (SSSR count). The van der Waals surface area contributed by atoms with Crippen LogP contribution < -0.4 is 4.74 Å². The van der Waals surface area contributed by atoms with E-state index in [1.165, 1.54) is 12.1 Å².